The summed E-state index contributed by atoms with van der Waals surface area (Å²) in [7, 11) is 0. The Morgan fingerprint density at radius 3 is 2.60 bits per heavy atom. The van der Waals surface area contributed by atoms with Crippen molar-refractivity contribution in [2.45, 2.75) is 24.2 Å². The van der Waals surface area contributed by atoms with Crippen LogP contribution in [0.3, 0.4) is 0 Å². The van der Waals surface area contributed by atoms with Crippen LogP contribution in [0.25, 0.3) is 0 Å². The van der Waals surface area contributed by atoms with Crippen LogP contribution < -0.4 is 0 Å². The fraction of sp³-hybridized carbons (Fsp3) is 0.417. The van der Waals surface area contributed by atoms with Crippen LogP contribution in [0, 0.1) is 11.3 Å². The van der Waals surface area contributed by atoms with Gasteiger partial charge >= 0.3 is 0 Å². The summed E-state index contributed by atoms with van der Waals surface area (Å²) in [6.45, 7) is 2.05. The van der Waals surface area contributed by atoms with E-state index in [4.69, 9.17) is 5.26 Å². The highest BCUT2D eigenvalue weighted by Crippen LogP contribution is 2.42. The molecule has 0 aliphatic carbocycles. The number of nitrogens with zero attached hydrogens (tertiary/aromatic N) is 1. The first kappa shape index (κ1) is 10.5. The fourth-order valence-corrected chi connectivity index (χ4v) is 3.26. The lowest BCUT2D eigenvalue weighted by molar-refractivity contribution is 0.0427. The van der Waals surface area contributed by atoms with E-state index in [0.29, 0.717) is 5.56 Å². The molecule has 0 radical (unpaired) electrons. The predicted octanol–water partition coefficient (Wildman–Crippen LogP) is 2.27. The van der Waals surface area contributed by atoms with E-state index < -0.39 is 5.60 Å². The quantitative estimate of drug-likeness (QED) is 0.788. The minimum absolute atomic E-state index is 0.227. The molecule has 0 spiro atoms. The molecule has 3 heteroatoms. The van der Waals surface area contributed by atoms with Gasteiger partial charge in [-0.25, -0.2) is 0 Å². The standard InChI is InChI=1S/C12H13NOS/c1-9-12(14,6-7-15-9)11-4-2-10(8-13)3-5-11/h2-5,9,14H,6-7H2,1H3/t9-,12-/m1/s1. The molecule has 0 saturated carbocycles. The zero-order valence-electron chi connectivity index (χ0n) is 8.60. The van der Waals surface area contributed by atoms with E-state index in [-0.39, 0.29) is 5.25 Å². The van der Waals surface area contributed by atoms with E-state index in [1.54, 1.807) is 23.9 Å². The first-order valence-corrected chi connectivity index (χ1v) is 6.06. The highest BCUT2D eigenvalue weighted by atomic mass is 32.2. The molecule has 1 aliphatic rings. The molecule has 0 aromatic heterocycles. The lowest BCUT2D eigenvalue weighted by Gasteiger charge is -2.27. The van der Waals surface area contributed by atoms with Crippen molar-refractivity contribution in [3.8, 4) is 6.07 Å². The van der Waals surface area contributed by atoms with Gasteiger partial charge in [0.2, 0.25) is 0 Å². The van der Waals surface area contributed by atoms with Crippen molar-refractivity contribution >= 4 is 11.8 Å². The predicted molar refractivity (Wildman–Crippen MR) is 61.6 cm³/mol. The van der Waals surface area contributed by atoms with Gasteiger partial charge in [0.05, 0.1) is 11.6 Å². The van der Waals surface area contributed by atoms with E-state index in [0.717, 1.165) is 17.7 Å². The highest BCUT2D eigenvalue weighted by Gasteiger charge is 2.40. The smallest absolute Gasteiger partial charge is 0.102 e. The van der Waals surface area contributed by atoms with Crippen LogP contribution in [-0.2, 0) is 5.60 Å². The van der Waals surface area contributed by atoms with Crippen molar-refractivity contribution in [1.82, 2.24) is 0 Å². The maximum Gasteiger partial charge on any atom is 0.102 e. The monoisotopic (exact) mass is 219 g/mol. The first-order chi connectivity index (χ1) is 7.16. The van der Waals surface area contributed by atoms with Crippen molar-refractivity contribution in [3.05, 3.63) is 35.4 Å². The van der Waals surface area contributed by atoms with Gasteiger partial charge in [0.15, 0.2) is 0 Å². The average Bonchev–Trinajstić information content (AvgIpc) is 2.61. The Morgan fingerprint density at radius 2 is 2.13 bits per heavy atom. The second-order valence-corrected chi connectivity index (χ2v) is 5.33. The summed E-state index contributed by atoms with van der Waals surface area (Å²) in [5.41, 5.74) is 0.859. The number of benzene rings is 1. The van der Waals surface area contributed by atoms with Crippen molar-refractivity contribution < 1.29 is 5.11 Å². The van der Waals surface area contributed by atoms with Gasteiger partial charge in [-0.2, -0.15) is 17.0 Å². The summed E-state index contributed by atoms with van der Waals surface area (Å²) in [6, 6.07) is 9.34. The van der Waals surface area contributed by atoms with Gasteiger partial charge in [0.1, 0.15) is 5.60 Å². The Morgan fingerprint density at radius 1 is 1.47 bits per heavy atom. The molecule has 1 aromatic rings. The lowest BCUT2D eigenvalue weighted by Crippen LogP contribution is -2.31. The fourth-order valence-electron chi connectivity index (χ4n) is 1.94. The minimum atomic E-state index is -0.710. The summed E-state index contributed by atoms with van der Waals surface area (Å²) >= 11 is 1.79. The van der Waals surface area contributed by atoms with Gasteiger partial charge in [-0.1, -0.05) is 19.1 Å². The first-order valence-electron chi connectivity index (χ1n) is 5.01. The molecule has 15 heavy (non-hydrogen) atoms. The second kappa shape index (κ2) is 3.88. The summed E-state index contributed by atoms with van der Waals surface area (Å²) in [5.74, 6) is 0.998. The minimum Gasteiger partial charge on any atom is -0.384 e. The van der Waals surface area contributed by atoms with Crippen LogP contribution in [0.5, 0.6) is 0 Å². The molecule has 2 nitrogen and oxygen atoms in total. The van der Waals surface area contributed by atoms with Crippen molar-refractivity contribution in [1.29, 1.82) is 5.26 Å². The topological polar surface area (TPSA) is 44.0 Å². The lowest BCUT2D eigenvalue weighted by atomic mass is 9.88. The Balaban J connectivity index is 2.33. The molecule has 1 fully saturated rings. The van der Waals surface area contributed by atoms with Crippen LogP contribution in [0.1, 0.15) is 24.5 Å². The van der Waals surface area contributed by atoms with Crippen molar-refractivity contribution in [2.75, 3.05) is 5.75 Å². The van der Waals surface area contributed by atoms with Gasteiger partial charge in [-0.05, 0) is 29.9 Å². The highest BCUT2D eigenvalue weighted by molar-refractivity contribution is 8.00. The Kier molecular flexibility index (Phi) is 2.72. The Bertz CT molecular complexity index is 395. The van der Waals surface area contributed by atoms with Gasteiger partial charge in [0.25, 0.3) is 0 Å². The van der Waals surface area contributed by atoms with Gasteiger partial charge in [-0.15, -0.1) is 0 Å². The molecule has 78 valence electrons. The SMILES string of the molecule is C[C@H]1SCC[C@]1(O)c1ccc(C#N)cc1. The summed E-state index contributed by atoms with van der Waals surface area (Å²) in [4.78, 5) is 0. The zero-order valence-corrected chi connectivity index (χ0v) is 9.42. The van der Waals surface area contributed by atoms with Crippen LogP contribution in [-0.4, -0.2) is 16.1 Å². The molecular formula is C12H13NOS. The van der Waals surface area contributed by atoms with E-state index in [1.807, 2.05) is 12.1 Å². The summed E-state index contributed by atoms with van der Waals surface area (Å²) in [5, 5.41) is 19.4. The van der Waals surface area contributed by atoms with Gasteiger partial charge in [-0.3, -0.25) is 0 Å². The van der Waals surface area contributed by atoms with Crippen LogP contribution >= 0.6 is 11.8 Å². The second-order valence-electron chi connectivity index (χ2n) is 3.88. The van der Waals surface area contributed by atoms with Crippen LogP contribution in [0.15, 0.2) is 24.3 Å². The van der Waals surface area contributed by atoms with Gasteiger partial charge < -0.3 is 5.11 Å². The van der Waals surface area contributed by atoms with E-state index in [1.165, 1.54) is 0 Å². The molecule has 2 atom stereocenters. The molecule has 1 aliphatic heterocycles. The largest absolute Gasteiger partial charge is 0.384 e. The third kappa shape index (κ3) is 1.75. The van der Waals surface area contributed by atoms with Crippen LogP contribution in [0.2, 0.25) is 0 Å². The Labute approximate surface area is 93.9 Å². The van der Waals surface area contributed by atoms with E-state index >= 15 is 0 Å². The third-order valence-corrected chi connectivity index (χ3v) is 4.37. The number of hydrogen-bond acceptors (Lipinski definition) is 3. The molecule has 0 unspecified atom stereocenters. The number of thioether (sulfide) groups is 1. The van der Waals surface area contributed by atoms with Gasteiger partial charge in [0, 0.05) is 5.25 Å². The Hall–Kier alpha value is -0.980. The number of rotatable bonds is 1. The molecule has 1 heterocycles. The molecule has 1 N–H and O–H groups in total. The van der Waals surface area contributed by atoms with Crippen LogP contribution in [0.4, 0.5) is 0 Å². The number of hydrogen-bond donors (Lipinski definition) is 1. The van der Waals surface area contributed by atoms with E-state index in [9.17, 15) is 5.11 Å². The van der Waals surface area contributed by atoms with Crippen molar-refractivity contribution in [2.24, 2.45) is 0 Å². The van der Waals surface area contributed by atoms with E-state index in [2.05, 4.69) is 13.0 Å². The molecule has 1 saturated heterocycles. The number of nitriles is 1. The third-order valence-electron chi connectivity index (χ3n) is 3.04. The van der Waals surface area contributed by atoms with Crippen molar-refractivity contribution in [3.63, 3.8) is 0 Å². The average molecular weight is 219 g/mol. The molecule has 0 bridgehead atoms. The summed E-state index contributed by atoms with van der Waals surface area (Å²) in [6.07, 6.45) is 0.796. The molecule has 0 amide bonds. The zero-order chi connectivity index (χ0) is 10.9. The summed E-state index contributed by atoms with van der Waals surface area (Å²) < 4.78 is 0. The molecule has 2 rings (SSSR count). The molecule has 1 aromatic carbocycles. The number of aliphatic hydroxyl groups is 1. The maximum absolute atomic E-state index is 10.5. The normalized spacial score (nSPS) is 30.1. The molecular weight excluding hydrogens is 206 g/mol. The maximum atomic E-state index is 10.5.